The van der Waals surface area contributed by atoms with Crippen LogP contribution in [0.25, 0.3) is 0 Å². The van der Waals surface area contributed by atoms with Crippen molar-refractivity contribution in [3.8, 4) is 0 Å². The number of carbonyl (C=O) groups is 1. The normalized spacial score (nSPS) is 22.7. The lowest BCUT2D eigenvalue weighted by atomic mass is 9.76. The van der Waals surface area contributed by atoms with E-state index < -0.39 is 0 Å². The summed E-state index contributed by atoms with van der Waals surface area (Å²) in [6.45, 7) is 8.20. The lowest BCUT2D eigenvalue weighted by Gasteiger charge is -2.28. The standard InChI is InChI=1S/C10H14O/c1-8-4-9(7-11)6-10(2,3)5-8/h4,7H,1,5-6H2,2-3H3. The van der Waals surface area contributed by atoms with Crippen molar-refractivity contribution in [2.75, 3.05) is 0 Å². The second-order valence-electron chi connectivity index (χ2n) is 4.01. The first kappa shape index (κ1) is 8.25. The Kier molecular flexibility index (Phi) is 1.99. The summed E-state index contributed by atoms with van der Waals surface area (Å²) in [6.07, 6.45) is 4.73. The van der Waals surface area contributed by atoms with Crippen LogP contribution in [-0.4, -0.2) is 6.29 Å². The molecule has 1 aliphatic rings. The maximum absolute atomic E-state index is 10.5. The number of hydrogen-bond acceptors (Lipinski definition) is 1. The largest absolute Gasteiger partial charge is 0.298 e. The number of rotatable bonds is 1. The van der Waals surface area contributed by atoms with Crippen molar-refractivity contribution >= 4 is 6.29 Å². The van der Waals surface area contributed by atoms with Crippen molar-refractivity contribution in [3.05, 3.63) is 23.8 Å². The maximum atomic E-state index is 10.5. The van der Waals surface area contributed by atoms with Crippen LogP contribution >= 0.6 is 0 Å². The van der Waals surface area contributed by atoms with Crippen molar-refractivity contribution in [2.45, 2.75) is 26.7 Å². The minimum Gasteiger partial charge on any atom is -0.298 e. The van der Waals surface area contributed by atoms with Gasteiger partial charge in [0.1, 0.15) is 6.29 Å². The third kappa shape index (κ3) is 2.04. The monoisotopic (exact) mass is 150 g/mol. The van der Waals surface area contributed by atoms with E-state index in [1.807, 2.05) is 6.08 Å². The van der Waals surface area contributed by atoms with Gasteiger partial charge in [-0.2, -0.15) is 0 Å². The molecule has 0 aromatic rings. The van der Waals surface area contributed by atoms with Gasteiger partial charge in [0.05, 0.1) is 0 Å². The summed E-state index contributed by atoms with van der Waals surface area (Å²) in [4.78, 5) is 10.5. The first-order valence-corrected chi connectivity index (χ1v) is 3.87. The molecular formula is C10H14O. The molecule has 1 heteroatoms. The van der Waals surface area contributed by atoms with Crippen LogP contribution in [0.1, 0.15) is 26.7 Å². The van der Waals surface area contributed by atoms with E-state index >= 15 is 0 Å². The molecule has 0 saturated carbocycles. The van der Waals surface area contributed by atoms with Crippen LogP contribution in [0.5, 0.6) is 0 Å². The molecule has 0 bridgehead atoms. The van der Waals surface area contributed by atoms with Crippen molar-refractivity contribution < 1.29 is 4.79 Å². The Morgan fingerprint density at radius 1 is 1.55 bits per heavy atom. The Labute approximate surface area is 67.8 Å². The summed E-state index contributed by atoms with van der Waals surface area (Å²) in [5, 5.41) is 0. The second-order valence-corrected chi connectivity index (χ2v) is 4.01. The quantitative estimate of drug-likeness (QED) is 0.525. The fourth-order valence-corrected chi connectivity index (χ4v) is 1.67. The molecule has 0 atom stereocenters. The number of allylic oxidation sites excluding steroid dienone is 3. The lowest BCUT2D eigenvalue weighted by Crippen LogP contribution is -2.17. The number of hydrogen-bond donors (Lipinski definition) is 0. The average molecular weight is 150 g/mol. The van der Waals surface area contributed by atoms with E-state index in [0.29, 0.717) is 0 Å². The predicted octanol–water partition coefficient (Wildman–Crippen LogP) is 2.49. The first-order valence-electron chi connectivity index (χ1n) is 3.87. The Balaban J connectivity index is 2.86. The van der Waals surface area contributed by atoms with E-state index in [0.717, 1.165) is 30.3 Å². The molecular weight excluding hydrogens is 136 g/mol. The molecule has 0 saturated heterocycles. The molecule has 0 spiro atoms. The molecule has 0 unspecified atom stereocenters. The summed E-state index contributed by atoms with van der Waals surface area (Å²) >= 11 is 0. The first-order chi connectivity index (χ1) is 5.03. The van der Waals surface area contributed by atoms with Gasteiger partial charge in [0.25, 0.3) is 0 Å². The van der Waals surface area contributed by atoms with Crippen LogP contribution in [0.3, 0.4) is 0 Å². The fourth-order valence-electron chi connectivity index (χ4n) is 1.67. The number of carbonyl (C=O) groups excluding carboxylic acids is 1. The molecule has 1 aliphatic carbocycles. The van der Waals surface area contributed by atoms with Crippen LogP contribution in [0.2, 0.25) is 0 Å². The van der Waals surface area contributed by atoms with E-state index in [4.69, 9.17) is 0 Å². The van der Waals surface area contributed by atoms with E-state index in [1.54, 1.807) is 0 Å². The van der Waals surface area contributed by atoms with Crippen LogP contribution in [-0.2, 0) is 4.79 Å². The summed E-state index contributed by atoms with van der Waals surface area (Å²) in [7, 11) is 0. The highest BCUT2D eigenvalue weighted by atomic mass is 16.1. The molecule has 0 aromatic carbocycles. The SMILES string of the molecule is C=C1C=C(C=O)CC(C)(C)C1. The van der Waals surface area contributed by atoms with Gasteiger partial charge in [0, 0.05) is 0 Å². The highest BCUT2D eigenvalue weighted by Gasteiger charge is 2.23. The van der Waals surface area contributed by atoms with Gasteiger partial charge in [-0.05, 0) is 23.8 Å². The second kappa shape index (κ2) is 2.65. The van der Waals surface area contributed by atoms with Crippen molar-refractivity contribution in [1.82, 2.24) is 0 Å². The van der Waals surface area contributed by atoms with Crippen molar-refractivity contribution in [1.29, 1.82) is 0 Å². The Bertz CT molecular complexity index is 221. The van der Waals surface area contributed by atoms with E-state index in [2.05, 4.69) is 20.4 Å². The molecule has 0 fully saturated rings. The average Bonchev–Trinajstić information content (AvgIpc) is 1.83. The molecule has 1 nitrogen and oxygen atoms in total. The zero-order valence-corrected chi connectivity index (χ0v) is 7.18. The van der Waals surface area contributed by atoms with Gasteiger partial charge in [-0.3, -0.25) is 4.79 Å². The fraction of sp³-hybridized carbons (Fsp3) is 0.500. The molecule has 1 rings (SSSR count). The van der Waals surface area contributed by atoms with Crippen molar-refractivity contribution in [3.63, 3.8) is 0 Å². The topological polar surface area (TPSA) is 17.1 Å². The van der Waals surface area contributed by atoms with E-state index in [-0.39, 0.29) is 5.41 Å². The van der Waals surface area contributed by atoms with Crippen LogP contribution in [0.15, 0.2) is 23.8 Å². The van der Waals surface area contributed by atoms with Crippen LogP contribution < -0.4 is 0 Å². The highest BCUT2D eigenvalue weighted by Crippen LogP contribution is 2.36. The molecule has 0 amide bonds. The predicted molar refractivity (Wildman–Crippen MR) is 46.3 cm³/mol. The van der Waals surface area contributed by atoms with Gasteiger partial charge >= 0.3 is 0 Å². The van der Waals surface area contributed by atoms with Gasteiger partial charge in [-0.15, -0.1) is 0 Å². The Morgan fingerprint density at radius 2 is 2.18 bits per heavy atom. The third-order valence-corrected chi connectivity index (χ3v) is 1.93. The third-order valence-electron chi connectivity index (χ3n) is 1.93. The Hall–Kier alpha value is -0.850. The van der Waals surface area contributed by atoms with Gasteiger partial charge in [0.15, 0.2) is 0 Å². The summed E-state index contributed by atoms with van der Waals surface area (Å²) < 4.78 is 0. The lowest BCUT2D eigenvalue weighted by molar-refractivity contribution is -0.105. The van der Waals surface area contributed by atoms with Gasteiger partial charge < -0.3 is 0 Å². The zero-order valence-electron chi connectivity index (χ0n) is 7.18. The van der Waals surface area contributed by atoms with E-state index in [1.165, 1.54) is 0 Å². The summed E-state index contributed by atoms with van der Waals surface area (Å²) in [6, 6.07) is 0. The minimum atomic E-state index is 0.224. The maximum Gasteiger partial charge on any atom is 0.146 e. The van der Waals surface area contributed by atoms with Crippen LogP contribution in [0, 0.1) is 5.41 Å². The van der Waals surface area contributed by atoms with Crippen molar-refractivity contribution in [2.24, 2.45) is 5.41 Å². The molecule has 0 aliphatic heterocycles. The number of aldehydes is 1. The van der Waals surface area contributed by atoms with Crippen LogP contribution in [0.4, 0.5) is 0 Å². The Morgan fingerprint density at radius 3 is 2.64 bits per heavy atom. The molecule has 11 heavy (non-hydrogen) atoms. The van der Waals surface area contributed by atoms with Gasteiger partial charge in [-0.1, -0.05) is 32.1 Å². The van der Waals surface area contributed by atoms with Gasteiger partial charge in [0.2, 0.25) is 0 Å². The molecule has 0 radical (unpaired) electrons. The molecule has 0 N–H and O–H groups in total. The molecule has 60 valence electrons. The molecule has 0 heterocycles. The summed E-state index contributed by atoms with van der Waals surface area (Å²) in [5.41, 5.74) is 2.18. The molecule has 0 aromatic heterocycles. The van der Waals surface area contributed by atoms with E-state index in [9.17, 15) is 4.79 Å². The zero-order chi connectivity index (χ0) is 8.48. The smallest absolute Gasteiger partial charge is 0.146 e. The highest BCUT2D eigenvalue weighted by molar-refractivity contribution is 5.75. The summed E-state index contributed by atoms with van der Waals surface area (Å²) in [5.74, 6) is 0. The minimum absolute atomic E-state index is 0.224. The van der Waals surface area contributed by atoms with Gasteiger partial charge in [-0.25, -0.2) is 0 Å².